The average molecular weight is 320 g/mol. The largest absolute Gasteiger partial charge is 0.481 e. The van der Waals surface area contributed by atoms with Crippen LogP contribution in [0, 0.1) is 12.3 Å². The zero-order valence-corrected chi connectivity index (χ0v) is 13.6. The predicted octanol–water partition coefficient (Wildman–Crippen LogP) is 2.01. The molecule has 0 aliphatic heterocycles. The van der Waals surface area contributed by atoms with Crippen molar-refractivity contribution in [2.45, 2.75) is 50.8 Å². The van der Waals surface area contributed by atoms with Crippen LogP contribution in [0.4, 0.5) is 0 Å². The first-order valence-electron chi connectivity index (χ1n) is 6.16. The second-order valence-corrected chi connectivity index (χ2v) is 9.05. The summed E-state index contributed by atoms with van der Waals surface area (Å²) in [6.45, 7) is 7.53. The highest BCUT2D eigenvalue weighted by atomic mass is 32.2. The molecule has 0 aromatic carbocycles. The van der Waals surface area contributed by atoms with Crippen molar-refractivity contribution in [3.63, 3.8) is 0 Å². The number of nitrogens with one attached hydrogen (secondary N) is 1. The monoisotopic (exact) mass is 320 g/mol. The number of aromatic nitrogens is 1. The van der Waals surface area contributed by atoms with Crippen molar-refractivity contribution < 1.29 is 18.3 Å². The third-order valence-electron chi connectivity index (χ3n) is 2.47. The Balaban J connectivity index is 2.91. The fraction of sp³-hybridized carbons (Fsp3) is 0.667. The predicted molar refractivity (Wildman–Crippen MR) is 77.3 cm³/mol. The molecule has 6 nitrogen and oxygen atoms in total. The van der Waals surface area contributed by atoms with Crippen molar-refractivity contribution in [2.75, 3.05) is 0 Å². The van der Waals surface area contributed by atoms with Crippen molar-refractivity contribution >= 4 is 27.3 Å². The number of nitrogens with zero attached hydrogens (tertiary/aromatic N) is 1. The third-order valence-corrected chi connectivity index (χ3v) is 5.36. The molecule has 114 valence electrons. The second-order valence-electron chi connectivity index (χ2n) is 5.88. The molecule has 0 saturated heterocycles. The topological polar surface area (TPSA) is 96.4 Å². The number of hydrogen-bond acceptors (Lipinski definition) is 5. The maximum atomic E-state index is 12.2. The molecule has 1 heterocycles. The molecule has 0 amide bonds. The van der Waals surface area contributed by atoms with Crippen LogP contribution in [0.1, 0.15) is 38.6 Å². The molecule has 1 atom stereocenters. The normalized spacial score (nSPS) is 14.2. The van der Waals surface area contributed by atoms with Crippen LogP contribution >= 0.6 is 11.3 Å². The zero-order valence-electron chi connectivity index (χ0n) is 12.0. The first-order chi connectivity index (χ1) is 8.99. The van der Waals surface area contributed by atoms with Gasteiger partial charge in [-0.3, -0.25) is 4.79 Å². The quantitative estimate of drug-likeness (QED) is 0.836. The van der Waals surface area contributed by atoms with Crippen LogP contribution < -0.4 is 4.72 Å². The van der Waals surface area contributed by atoms with Gasteiger partial charge in [0.2, 0.25) is 0 Å². The number of sulfonamides is 1. The summed E-state index contributed by atoms with van der Waals surface area (Å²) in [6.07, 6.45) is 1.49. The molecule has 1 aromatic heterocycles. The molecule has 20 heavy (non-hydrogen) atoms. The molecular weight excluding hydrogens is 300 g/mol. The molecular formula is C12H20N2O4S2. The Bertz CT molecular complexity index is 573. The van der Waals surface area contributed by atoms with Gasteiger partial charge in [-0.1, -0.05) is 20.8 Å². The summed E-state index contributed by atoms with van der Waals surface area (Å²) in [4.78, 5) is 14.8. The van der Waals surface area contributed by atoms with Crippen LogP contribution in [0.15, 0.2) is 10.4 Å². The van der Waals surface area contributed by atoms with E-state index in [-0.39, 0.29) is 16.0 Å². The molecule has 0 aliphatic carbocycles. The number of hydrogen-bond donors (Lipinski definition) is 2. The number of carboxylic acid groups (broad SMARTS) is 1. The Hall–Kier alpha value is -0.990. The van der Waals surface area contributed by atoms with Crippen LogP contribution in [0.2, 0.25) is 0 Å². The SMILES string of the molecule is Cc1ncc(S(=O)(=O)NC(CC(=O)O)CC(C)(C)C)s1. The standard InChI is InChI=1S/C12H20N2O4S2/c1-8-13-7-11(19-8)20(17,18)14-9(5-10(15)16)6-12(2,3)4/h7,9,14H,5-6H2,1-4H3,(H,15,16). The Morgan fingerprint density at radius 2 is 2.10 bits per heavy atom. The van der Waals surface area contributed by atoms with E-state index in [1.165, 1.54) is 6.20 Å². The van der Waals surface area contributed by atoms with Crippen LogP contribution in [0.25, 0.3) is 0 Å². The van der Waals surface area contributed by atoms with Crippen molar-refractivity contribution in [3.8, 4) is 0 Å². The number of aryl methyl sites for hydroxylation is 1. The first-order valence-corrected chi connectivity index (χ1v) is 8.46. The maximum absolute atomic E-state index is 12.2. The van der Waals surface area contributed by atoms with E-state index in [1.54, 1.807) is 6.92 Å². The fourth-order valence-corrected chi connectivity index (χ4v) is 4.21. The summed E-state index contributed by atoms with van der Waals surface area (Å²) in [5, 5.41) is 9.56. The van der Waals surface area contributed by atoms with E-state index in [9.17, 15) is 13.2 Å². The van der Waals surface area contributed by atoms with Crippen LogP contribution in [0.3, 0.4) is 0 Å². The second kappa shape index (κ2) is 6.19. The van der Waals surface area contributed by atoms with Gasteiger partial charge in [0.15, 0.2) is 4.21 Å². The van der Waals surface area contributed by atoms with E-state index in [4.69, 9.17) is 5.11 Å². The molecule has 1 rings (SSSR count). The van der Waals surface area contributed by atoms with Gasteiger partial charge >= 0.3 is 5.97 Å². The molecule has 0 aliphatic rings. The van der Waals surface area contributed by atoms with E-state index < -0.39 is 22.0 Å². The highest BCUT2D eigenvalue weighted by Gasteiger charge is 2.27. The van der Waals surface area contributed by atoms with Gasteiger partial charge in [0.25, 0.3) is 10.0 Å². The van der Waals surface area contributed by atoms with Crippen molar-refractivity contribution in [1.29, 1.82) is 0 Å². The highest BCUT2D eigenvalue weighted by molar-refractivity contribution is 7.91. The van der Waals surface area contributed by atoms with Crippen LogP contribution in [-0.2, 0) is 14.8 Å². The van der Waals surface area contributed by atoms with Gasteiger partial charge in [-0.2, -0.15) is 0 Å². The molecule has 0 radical (unpaired) electrons. The molecule has 0 saturated carbocycles. The lowest BCUT2D eigenvalue weighted by molar-refractivity contribution is -0.137. The average Bonchev–Trinajstić information content (AvgIpc) is 2.60. The van der Waals surface area contributed by atoms with E-state index in [0.717, 1.165) is 11.3 Å². The van der Waals surface area contributed by atoms with Crippen molar-refractivity contribution in [3.05, 3.63) is 11.2 Å². The van der Waals surface area contributed by atoms with Gasteiger partial charge in [-0.05, 0) is 18.8 Å². The van der Waals surface area contributed by atoms with Gasteiger partial charge in [-0.15, -0.1) is 11.3 Å². The van der Waals surface area contributed by atoms with Crippen molar-refractivity contribution in [2.24, 2.45) is 5.41 Å². The summed E-state index contributed by atoms with van der Waals surface area (Å²) in [7, 11) is -3.71. The lowest BCUT2D eigenvalue weighted by Crippen LogP contribution is -2.38. The summed E-state index contributed by atoms with van der Waals surface area (Å²) in [6, 6.07) is -0.639. The smallest absolute Gasteiger partial charge is 0.304 e. The summed E-state index contributed by atoms with van der Waals surface area (Å²) >= 11 is 1.06. The molecule has 0 spiro atoms. The number of thiazole rings is 1. The lowest BCUT2D eigenvalue weighted by Gasteiger charge is -2.25. The van der Waals surface area contributed by atoms with Gasteiger partial charge in [0.05, 0.1) is 17.6 Å². The fourth-order valence-electron chi connectivity index (χ4n) is 1.85. The van der Waals surface area contributed by atoms with E-state index >= 15 is 0 Å². The summed E-state index contributed by atoms with van der Waals surface area (Å²) < 4.78 is 27.0. The van der Waals surface area contributed by atoms with Gasteiger partial charge in [-0.25, -0.2) is 18.1 Å². The van der Waals surface area contributed by atoms with Crippen LogP contribution in [0.5, 0.6) is 0 Å². The number of carboxylic acids is 1. The summed E-state index contributed by atoms with van der Waals surface area (Å²) in [5.41, 5.74) is -0.174. The maximum Gasteiger partial charge on any atom is 0.304 e. The highest BCUT2D eigenvalue weighted by Crippen LogP contribution is 2.24. The van der Waals surface area contributed by atoms with E-state index in [2.05, 4.69) is 9.71 Å². The van der Waals surface area contributed by atoms with Gasteiger partial charge in [0.1, 0.15) is 0 Å². The van der Waals surface area contributed by atoms with E-state index in [1.807, 2.05) is 20.8 Å². The first kappa shape index (κ1) is 17.1. The number of rotatable bonds is 6. The molecule has 0 fully saturated rings. The molecule has 8 heteroatoms. The summed E-state index contributed by atoms with van der Waals surface area (Å²) in [5.74, 6) is -1.03. The Labute approximate surface area is 123 Å². The van der Waals surface area contributed by atoms with E-state index in [0.29, 0.717) is 11.4 Å². The molecule has 0 bridgehead atoms. The van der Waals surface area contributed by atoms with Crippen LogP contribution in [-0.4, -0.2) is 30.5 Å². The lowest BCUT2D eigenvalue weighted by atomic mass is 9.87. The minimum atomic E-state index is -3.71. The number of carbonyl (C=O) groups is 1. The zero-order chi connectivity index (χ0) is 15.6. The van der Waals surface area contributed by atoms with Crippen molar-refractivity contribution in [1.82, 2.24) is 9.71 Å². The Kier molecular flexibility index (Phi) is 5.28. The minimum Gasteiger partial charge on any atom is -0.481 e. The van der Waals surface area contributed by atoms with Gasteiger partial charge < -0.3 is 5.11 Å². The Morgan fingerprint density at radius 3 is 2.50 bits per heavy atom. The third kappa shape index (κ3) is 5.56. The minimum absolute atomic E-state index is 0.110. The molecule has 1 aromatic rings. The number of aliphatic carboxylic acids is 1. The Morgan fingerprint density at radius 1 is 1.50 bits per heavy atom. The van der Waals surface area contributed by atoms with Gasteiger partial charge in [0, 0.05) is 6.04 Å². The molecule has 1 unspecified atom stereocenters. The molecule has 2 N–H and O–H groups in total.